The van der Waals surface area contributed by atoms with Gasteiger partial charge in [-0.2, -0.15) is 0 Å². The number of pyridine rings is 1. The van der Waals surface area contributed by atoms with Crippen LogP contribution >= 0.6 is 0 Å². The van der Waals surface area contributed by atoms with Gasteiger partial charge in [-0.1, -0.05) is 6.07 Å². The molecule has 4 heteroatoms. The topological polar surface area (TPSA) is 48.0 Å². The molecule has 0 aliphatic carbocycles. The number of aromatic nitrogens is 1. The molecule has 0 aliphatic heterocycles. The lowest BCUT2D eigenvalue weighted by Gasteiger charge is -2.12. The van der Waals surface area contributed by atoms with Gasteiger partial charge in [-0.3, -0.25) is 4.79 Å². The molecule has 0 fully saturated rings. The molecule has 0 amide bonds. The molecule has 88 valence electrons. The summed E-state index contributed by atoms with van der Waals surface area (Å²) >= 11 is 0. The molecule has 1 aromatic heterocycles. The number of hydrogen-bond acceptors (Lipinski definition) is 2. The van der Waals surface area contributed by atoms with Crippen LogP contribution in [0.1, 0.15) is 11.3 Å². The third-order valence-electron chi connectivity index (χ3n) is 2.63. The van der Waals surface area contributed by atoms with E-state index >= 15 is 0 Å². The lowest BCUT2D eigenvalue weighted by atomic mass is 10.2. The smallest absolute Gasteiger partial charge is 0.186 e. The molecule has 2 aromatic rings. The molecule has 0 radical (unpaired) electrons. The quantitative estimate of drug-likeness (QED) is 0.857. The molecule has 0 saturated heterocycles. The highest BCUT2D eigenvalue weighted by molar-refractivity contribution is 5.35. The van der Waals surface area contributed by atoms with E-state index in [1.807, 2.05) is 0 Å². The Hall–Kier alpha value is -1.94. The van der Waals surface area contributed by atoms with Gasteiger partial charge in [-0.05, 0) is 25.1 Å². The lowest BCUT2D eigenvalue weighted by Crippen LogP contribution is -2.16. The van der Waals surface area contributed by atoms with Gasteiger partial charge in [0, 0.05) is 35.8 Å². The van der Waals surface area contributed by atoms with Crippen LogP contribution in [0.15, 0.2) is 41.3 Å². The largest absolute Gasteiger partial charge is 0.326 e. The molecule has 0 bridgehead atoms. The van der Waals surface area contributed by atoms with Crippen molar-refractivity contribution in [1.29, 1.82) is 0 Å². The summed E-state index contributed by atoms with van der Waals surface area (Å²) < 4.78 is 14.9. The minimum Gasteiger partial charge on any atom is -0.326 e. The van der Waals surface area contributed by atoms with Gasteiger partial charge in [0.2, 0.25) is 0 Å². The third kappa shape index (κ3) is 2.26. The van der Waals surface area contributed by atoms with Crippen molar-refractivity contribution in [2.75, 3.05) is 0 Å². The number of benzene rings is 1. The van der Waals surface area contributed by atoms with Crippen molar-refractivity contribution < 1.29 is 4.39 Å². The highest BCUT2D eigenvalue weighted by Gasteiger charge is 2.04. The van der Waals surface area contributed by atoms with Crippen molar-refractivity contribution in [2.24, 2.45) is 5.73 Å². The molecular formula is C13H13FN2O. The van der Waals surface area contributed by atoms with Crippen LogP contribution in [0.2, 0.25) is 0 Å². The number of nitrogens with two attached hydrogens (primary N) is 1. The van der Waals surface area contributed by atoms with Gasteiger partial charge in [0.05, 0.1) is 0 Å². The van der Waals surface area contributed by atoms with Crippen molar-refractivity contribution in [3.8, 4) is 5.69 Å². The Balaban J connectivity index is 2.63. The average Bonchev–Trinajstić information content (AvgIpc) is 2.29. The Morgan fingerprint density at radius 1 is 1.35 bits per heavy atom. The van der Waals surface area contributed by atoms with Crippen molar-refractivity contribution in [1.82, 2.24) is 4.57 Å². The minimum atomic E-state index is -0.310. The molecule has 2 rings (SSSR count). The second-order valence-electron chi connectivity index (χ2n) is 3.86. The van der Waals surface area contributed by atoms with E-state index < -0.39 is 0 Å². The van der Waals surface area contributed by atoms with Crippen LogP contribution in [0.3, 0.4) is 0 Å². The highest BCUT2D eigenvalue weighted by atomic mass is 19.1. The van der Waals surface area contributed by atoms with Crippen LogP contribution in [0, 0.1) is 12.7 Å². The zero-order valence-electron chi connectivity index (χ0n) is 9.48. The van der Waals surface area contributed by atoms with Gasteiger partial charge in [0.1, 0.15) is 5.82 Å². The highest BCUT2D eigenvalue weighted by Crippen LogP contribution is 2.12. The first kappa shape index (κ1) is 11.5. The van der Waals surface area contributed by atoms with Gasteiger partial charge in [0.25, 0.3) is 0 Å². The molecule has 0 aliphatic rings. The fourth-order valence-electron chi connectivity index (χ4n) is 1.73. The predicted octanol–water partition coefficient (Wildman–Crippen LogP) is 1.74. The summed E-state index contributed by atoms with van der Waals surface area (Å²) in [5.41, 5.74) is 7.34. The van der Waals surface area contributed by atoms with Crippen molar-refractivity contribution in [3.05, 3.63) is 63.8 Å². The van der Waals surface area contributed by atoms with Gasteiger partial charge in [-0.25, -0.2) is 4.39 Å². The summed E-state index contributed by atoms with van der Waals surface area (Å²) in [5, 5.41) is 0. The van der Waals surface area contributed by atoms with Crippen LogP contribution < -0.4 is 11.2 Å². The number of rotatable bonds is 2. The summed E-state index contributed by atoms with van der Waals surface area (Å²) in [6, 6.07) is 7.71. The maximum absolute atomic E-state index is 13.1. The summed E-state index contributed by atoms with van der Waals surface area (Å²) in [7, 11) is 0. The standard InChI is InChI=1S/C13H13FN2O/c1-9-5-13(17)10(7-15)8-16(9)12-4-2-3-11(14)6-12/h2-6,8H,7,15H2,1H3. The Bertz CT molecular complexity index is 605. The first-order chi connectivity index (χ1) is 8.11. The first-order valence-electron chi connectivity index (χ1n) is 5.30. The molecule has 0 atom stereocenters. The molecule has 3 nitrogen and oxygen atoms in total. The van der Waals surface area contributed by atoms with E-state index in [1.54, 1.807) is 29.8 Å². The summed E-state index contributed by atoms with van der Waals surface area (Å²) in [6.45, 7) is 1.97. The SMILES string of the molecule is Cc1cc(=O)c(CN)cn1-c1cccc(F)c1. The van der Waals surface area contributed by atoms with E-state index in [9.17, 15) is 9.18 Å². The molecule has 2 N–H and O–H groups in total. The summed E-state index contributed by atoms with van der Waals surface area (Å²) in [5.74, 6) is -0.310. The Kier molecular flexibility index (Phi) is 3.06. The molecule has 0 spiro atoms. The van der Waals surface area contributed by atoms with Crippen molar-refractivity contribution >= 4 is 0 Å². The first-order valence-corrected chi connectivity index (χ1v) is 5.30. The minimum absolute atomic E-state index is 0.0855. The van der Waals surface area contributed by atoms with E-state index in [-0.39, 0.29) is 17.8 Å². The fraction of sp³-hybridized carbons (Fsp3) is 0.154. The number of aryl methyl sites for hydroxylation is 1. The molecule has 1 heterocycles. The second-order valence-corrected chi connectivity index (χ2v) is 3.86. The van der Waals surface area contributed by atoms with E-state index in [0.29, 0.717) is 11.3 Å². The number of halogens is 1. The maximum atomic E-state index is 13.1. The lowest BCUT2D eigenvalue weighted by molar-refractivity contribution is 0.626. The molecule has 17 heavy (non-hydrogen) atoms. The zero-order chi connectivity index (χ0) is 12.4. The van der Waals surface area contributed by atoms with Crippen LogP contribution in [-0.4, -0.2) is 4.57 Å². The number of nitrogens with zero attached hydrogens (tertiary/aromatic N) is 1. The Morgan fingerprint density at radius 2 is 2.12 bits per heavy atom. The van der Waals surface area contributed by atoms with E-state index in [0.717, 1.165) is 5.69 Å². The van der Waals surface area contributed by atoms with Crippen LogP contribution in [0.25, 0.3) is 5.69 Å². The van der Waals surface area contributed by atoms with Gasteiger partial charge < -0.3 is 10.3 Å². The van der Waals surface area contributed by atoms with Crippen LogP contribution in [-0.2, 0) is 6.54 Å². The monoisotopic (exact) mass is 232 g/mol. The summed E-state index contributed by atoms with van der Waals surface area (Å²) in [4.78, 5) is 11.6. The van der Waals surface area contributed by atoms with Gasteiger partial charge >= 0.3 is 0 Å². The van der Waals surface area contributed by atoms with Crippen LogP contribution in [0.5, 0.6) is 0 Å². The fourth-order valence-corrected chi connectivity index (χ4v) is 1.73. The van der Waals surface area contributed by atoms with E-state index in [1.165, 1.54) is 18.2 Å². The van der Waals surface area contributed by atoms with Gasteiger partial charge in [0.15, 0.2) is 5.43 Å². The molecule has 0 unspecified atom stereocenters. The predicted molar refractivity (Wildman–Crippen MR) is 64.6 cm³/mol. The van der Waals surface area contributed by atoms with E-state index in [4.69, 9.17) is 5.73 Å². The second kappa shape index (κ2) is 4.51. The van der Waals surface area contributed by atoms with Crippen molar-refractivity contribution in [3.63, 3.8) is 0 Å². The van der Waals surface area contributed by atoms with Gasteiger partial charge in [-0.15, -0.1) is 0 Å². The number of hydrogen-bond donors (Lipinski definition) is 1. The van der Waals surface area contributed by atoms with Crippen LogP contribution in [0.4, 0.5) is 4.39 Å². The molecular weight excluding hydrogens is 219 g/mol. The third-order valence-corrected chi connectivity index (χ3v) is 2.63. The van der Waals surface area contributed by atoms with E-state index in [2.05, 4.69) is 0 Å². The summed E-state index contributed by atoms with van der Waals surface area (Å²) in [6.07, 6.45) is 1.66. The van der Waals surface area contributed by atoms with Crippen molar-refractivity contribution in [2.45, 2.75) is 13.5 Å². The maximum Gasteiger partial charge on any atom is 0.186 e. The molecule has 1 aromatic carbocycles. The molecule has 0 saturated carbocycles. The normalized spacial score (nSPS) is 10.5. The Morgan fingerprint density at radius 3 is 2.76 bits per heavy atom. The Labute approximate surface area is 98.3 Å². The average molecular weight is 232 g/mol. The zero-order valence-corrected chi connectivity index (χ0v) is 9.48.